The zero-order valence-corrected chi connectivity index (χ0v) is 7.29. The highest BCUT2D eigenvalue weighted by molar-refractivity contribution is 5.85. The third kappa shape index (κ3) is 2.79. The molecule has 0 amide bonds. The van der Waals surface area contributed by atoms with E-state index in [2.05, 4.69) is 0 Å². The first-order valence-corrected chi connectivity index (χ1v) is 3.44. The lowest BCUT2D eigenvalue weighted by atomic mass is 10.1. The Hall–Kier alpha value is -0.610. The van der Waals surface area contributed by atoms with E-state index in [4.69, 9.17) is 10.3 Å². The molecule has 3 N–H and O–H groups in total. The summed E-state index contributed by atoms with van der Waals surface area (Å²) in [5.41, 5.74) is 2.89. The van der Waals surface area contributed by atoms with Gasteiger partial charge in [0, 0.05) is 0 Å². The second kappa shape index (κ2) is 5.97. The first-order valence-electron chi connectivity index (χ1n) is 3.44. The predicted molar refractivity (Wildman–Crippen MR) is 48.4 cm³/mol. The van der Waals surface area contributed by atoms with Gasteiger partial charge in [0.05, 0.1) is 12.6 Å². The van der Waals surface area contributed by atoms with E-state index in [-0.39, 0.29) is 25.1 Å². The molecule has 1 atom stereocenters. The van der Waals surface area contributed by atoms with Crippen molar-refractivity contribution in [3.63, 3.8) is 0 Å². The first-order chi connectivity index (χ1) is 5.38. The average molecular weight is 190 g/mol. The zero-order chi connectivity index (χ0) is 8.10. The van der Waals surface area contributed by atoms with Crippen LogP contribution >= 0.6 is 12.4 Å². The van der Waals surface area contributed by atoms with E-state index < -0.39 is 0 Å². The maximum absolute atomic E-state index is 8.76. The molecule has 0 aliphatic heterocycles. The Morgan fingerprint density at radius 2 is 1.83 bits per heavy atom. The van der Waals surface area contributed by atoms with Gasteiger partial charge in [0.15, 0.2) is 0 Å². The van der Waals surface area contributed by atoms with Crippen LogP contribution in [0.2, 0.25) is 0 Å². The summed E-state index contributed by atoms with van der Waals surface area (Å²) >= 11 is 0. The molecule has 0 aromatic heterocycles. The summed E-state index contributed by atoms with van der Waals surface area (Å²) in [5, 5.41) is 17.3. The number of aliphatic hydroxyl groups is 1. The molecule has 0 heterocycles. The van der Waals surface area contributed by atoms with E-state index in [1.165, 1.54) is 0 Å². The summed E-state index contributed by atoms with van der Waals surface area (Å²) in [4.78, 5) is 0. The number of hydroxylamine groups is 1. The van der Waals surface area contributed by atoms with Gasteiger partial charge in [-0.15, -0.1) is 12.4 Å². The molecule has 1 aromatic carbocycles. The fourth-order valence-electron chi connectivity index (χ4n) is 0.906. The molecule has 4 heteroatoms. The van der Waals surface area contributed by atoms with Crippen LogP contribution in [-0.4, -0.2) is 16.9 Å². The Labute approximate surface area is 77.4 Å². The quantitative estimate of drug-likeness (QED) is 0.625. The topological polar surface area (TPSA) is 52.5 Å². The molecule has 0 aliphatic rings. The van der Waals surface area contributed by atoms with E-state index in [1.54, 1.807) is 0 Å². The van der Waals surface area contributed by atoms with Gasteiger partial charge in [-0.3, -0.25) is 0 Å². The maximum Gasteiger partial charge on any atom is 0.0800 e. The van der Waals surface area contributed by atoms with E-state index in [0.29, 0.717) is 0 Å². The Morgan fingerprint density at radius 1 is 1.25 bits per heavy atom. The van der Waals surface area contributed by atoms with Crippen molar-refractivity contribution in [3.8, 4) is 0 Å². The molecule has 0 saturated carbocycles. The van der Waals surface area contributed by atoms with Gasteiger partial charge < -0.3 is 10.3 Å². The number of hydrogen-bond donors (Lipinski definition) is 3. The number of hydrogen-bond acceptors (Lipinski definition) is 3. The monoisotopic (exact) mass is 189 g/mol. The summed E-state index contributed by atoms with van der Waals surface area (Å²) in [6, 6.07) is 8.89. The van der Waals surface area contributed by atoms with E-state index in [0.717, 1.165) is 5.56 Å². The summed E-state index contributed by atoms with van der Waals surface area (Å²) in [6.45, 7) is -0.111. The summed E-state index contributed by atoms with van der Waals surface area (Å²) in [7, 11) is 0. The van der Waals surface area contributed by atoms with Gasteiger partial charge in [-0.25, -0.2) is 0 Å². The minimum absolute atomic E-state index is 0. The molecule has 12 heavy (non-hydrogen) atoms. The molecular weight excluding hydrogens is 178 g/mol. The molecule has 0 radical (unpaired) electrons. The van der Waals surface area contributed by atoms with Crippen LogP contribution in [0.5, 0.6) is 0 Å². The molecule has 1 rings (SSSR count). The average Bonchev–Trinajstić information content (AvgIpc) is 2.09. The highest BCUT2D eigenvalue weighted by atomic mass is 35.5. The minimum atomic E-state index is -0.379. The van der Waals surface area contributed by atoms with Gasteiger partial charge in [0.1, 0.15) is 0 Å². The van der Waals surface area contributed by atoms with Crippen molar-refractivity contribution < 1.29 is 10.3 Å². The maximum atomic E-state index is 8.76. The van der Waals surface area contributed by atoms with Crippen LogP contribution in [-0.2, 0) is 0 Å². The minimum Gasteiger partial charge on any atom is -0.394 e. The van der Waals surface area contributed by atoms with Crippen molar-refractivity contribution in [2.75, 3.05) is 6.61 Å². The van der Waals surface area contributed by atoms with Crippen LogP contribution in [0.4, 0.5) is 0 Å². The zero-order valence-electron chi connectivity index (χ0n) is 6.47. The fourth-order valence-corrected chi connectivity index (χ4v) is 0.906. The van der Waals surface area contributed by atoms with Crippen molar-refractivity contribution in [2.45, 2.75) is 6.04 Å². The molecule has 1 aromatic rings. The van der Waals surface area contributed by atoms with Gasteiger partial charge in [-0.1, -0.05) is 30.3 Å². The third-order valence-electron chi connectivity index (χ3n) is 1.54. The molecule has 68 valence electrons. The Balaban J connectivity index is 0.00000121. The molecule has 0 aliphatic carbocycles. The predicted octanol–water partition coefficient (Wildman–Crippen LogP) is 1.12. The van der Waals surface area contributed by atoms with Gasteiger partial charge in [0.25, 0.3) is 0 Å². The Bertz CT molecular complexity index is 201. The second-order valence-electron chi connectivity index (χ2n) is 2.27. The van der Waals surface area contributed by atoms with Crippen molar-refractivity contribution in [1.29, 1.82) is 0 Å². The van der Waals surface area contributed by atoms with Crippen LogP contribution < -0.4 is 5.48 Å². The van der Waals surface area contributed by atoms with Crippen LogP contribution in [0.25, 0.3) is 0 Å². The van der Waals surface area contributed by atoms with Crippen LogP contribution in [0, 0.1) is 0 Å². The van der Waals surface area contributed by atoms with Gasteiger partial charge in [0.2, 0.25) is 0 Å². The van der Waals surface area contributed by atoms with E-state index in [1.807, 2.05) is 35.8 Å². The lowest BCUT2D eigenvalue weighted by Gasteiger charge is -2.10. The molecule has 0 fully saturated rings. The summed E-state index contributed by atoms with van der Waals surface area (Å²) < 4.78 is 0. The normalized spacial score (nSPS) is 11.8. The Morgan fingerprint density at radius 3 is 2.25 bits per heavy atom. The molecule has 0 saturated heterocycles. The SMILES string of the molecule is Cl.OC[C@H](NO)c1ccccc1. The van der Waals surface area contributed by atoms with Crippen molar-refractivity contribution in [3.05, 3.63) is 35.9 Å². The van der Waals surface area contributed by atoms with Crippen molar-refractivity contribution in [1.82, 2.24) is 5.48 Å². The van der Waals surface area contributed by atoms with Crippen LogP contribution in [0.15, 0.2) is 30.3 Å². The lowest BCUT2D eigenvalue weighted by Crippen LogP contribution is -2.20. The molecule has 0 spiro atoms. The number of halogens is 1. The third-order valence-corrected chi connectivity index (χ3v) is 1.54. The Kier molecular flexibility index (Phi) is 5.66. The van der Waals surface area contributed by atoms with Crippen LogP contribution in [0.3, 0.4) is 0 Å². The van der Waals surface area contributed by atoms with Gasteiger partial charge in [-0.05, 0) is 5.56 Å². The summed E-state index contributed by atoms with van der Waals surface area (Å²) in [5.74, 6) is 0. The first kappa shape index (κ1) is 11.4. The number of nitrogens with one attached hydrogen (secondary N) is 1. The second-order valence-corrected chi connectivity index (χ2v) is 2.27. The number of rotatable bonds is 3. The molecule has 0 bridgehead atoms. The largest absolute Gasteiger partial charge is 0.394 e. The standard InChI is InChI=1S/C8H11NO2.ClH/c10-6-8(9-11)7-4-2-1-3-5-7;/h1-5,8-11H,6H2;1H/t8-;/m0./s1. The van der Waals surface area contributed by atoms with Crippen LogP contribution in [0.1, 0.15) is 11.6 Å². The van der Waals surface area contributed by atoms with Crippen molar-refractivity contribution >= 4 is 12.4 Å². The van der Waals surface area contributed by atoms with E-state index >= 15 is 0 Å². The highest BCUT2D eigenvalue weighted by Gasteiger charge is 2.05. The highest BCUT2D eigenvalue weighted by Crippen LogP contribution is 2.09. The lowest BCUT2D eigenvalue weighted by molar-refractivity contribution is 0.0906. The van der Waals surface area contributed by atoms with Gasteiger partial charge >= 0.3 is 0 Å². The number of aliphatic hydroxyl groups excluding tert-OH is 1. The van der Waals surface area contributed by atoms with Crippen molar-refractivity contribution in [2.24, 2.45) is 0 Å². The molecule has 3 nitrogen and oxygen atoms in total. The number of benzene rings is 1. The molecule has 0 unspecified atom stereocenters. The summed E-state index contributed by atoms with van der Waals surface area (Å²) in [6.07, 6.45) is 0. The van der Waals surface area contributed by atoms with Gasteiger partial charge in [-0.2, -0.15) is 5.48 Å². The molecular formula is C8H12ClNO2. The smallest absolute Gasteiger partial charge is 0.0800 e. The van der Waals surface area contributed by atoms with E-state index in [9.17, 15) is 0 Å². The fraction of sp³-hybridized carbons (Fsp3) is 0.250.